The van der Waals surface area contributed by atoms with Crippen molar-refractivity contribution in [2.24, 2.45) is 5.41 Å². The van der Waals surface area contributed by atoms with Crippen LogP contribution in [0.4, 0.5) is 5.69 Å². The maximum absolute atomic E-state index is 12.2. The van der Waals surface area contributed by atoms with Crippen LogP contribution < -0.4 is 4.90 Å². The third-order valence-corrected chi connectivity index (χ3v) is 3.53. The number of carbonyl (C=O) groups is 1. The molecular weight excluding hydrogens is 252 g/mol. The van der Waals surface area contributed by atoms with Crippen LogP contribution in [0.5, 0.6) is 5.75 Å². The zero-order valence-corrected chi connectivity index (χ0v) is 12.6. The molecule has 20 heavy (non-hydrogen) atoms. The molecule has 0 radical (unpaired) electrons. The molecule has 0 unspecified atom stereocenters. The Bertz CT molecular complexity index is 454. The van der Waals surface area contributed by atoms with Crippen molar-refractivity contribution >= 4 is 11.6 Å². The molecule has 110 valence electrons. The number of phenols is 1. The third kappa shape index (κ3) is 3.89. The largest absolute Gasteiger partial charge is 0.508 e. The van der Waals surface area contributed by atoms with Crippen LogP contribution in [0.2, 0.25) is 0 Å². The van der Waals surface area contributed by atoms with Gasteiger partial charge in [-0.3, -0.25) is 4.79 Å². The smallest absolute Gasteiger partial charge is 0.223 e. The first-order valence-electron chi connectivity index (χ1n) is 7.17. The molecule has 0 atom stereocenters. The van der Waals surface area contributed by atoms with Gasteiger partial charge in [-0.05, 0) is 29.7 Å². The monoisotopic (exact) mass is 276 g/mol. The second-order valence-corrected chi connectivity index (χ2v) is 6.62. The van der Waals surface area contributed by atoms with Crippen LogP contribution in [0.25, 0.3) is 0 Å². The second kappa shape index (κ2) is 5.73. The minimum atomic E-state index is 0.0468. The molecule has 1 N–H and O–H groups in total. The van der Waals surface area contributed by atoms with Crippen LogP contribution in [-0.4, -0.2) is 42.1 Å². The Labute approximate surface area is 121 Å². The van der Waals surface area contributed by atoms with Crippen LogP contribution in [0.15, 0.2) is 24.3 Å². The molecule has 0 aliphatic carbocycles. The number of rotatable bonds is 2. The van der Waals surface area contributed by atoms with E-state index >= 15 is 0 Å². The summed E-state index contributed by atoms with van der Waals surface area (Å²) in [7, 11) is 0. The zero-order chi connectivity index (χ0) is 14.8. The minimum absolute atomic E-state index is 0.0468. The lowest BCUT2D eigenvalue weighted by molar-refractivity contribution is -0.133. The Hall–Kier alpha value is -1.71. The van der Waals surface area contributed by atoms with Gasteiger partial charge < -0.3 is 14.9 Å². The van der Waals surface area contributed by atoms with E-state index in [-0.39, 0.29) is 17.1 Å². The van der Waals surface area contributed by atoms with Crippen molar-refractivity contribution in [1.29, 1.82) is 0 Å². The number of benzene rings is 1. The molecule has 0 bridgehead atoms. The molecule has 1 saturated heterocycles. The molecule has 1 amide bonds. The molecule has 0 aromatic heterocycles. The van der Waals surface area contributed by atoms with Crippen molar-refractivity contribution in [3.63, 3.8) is 0 Å². The number of anilines is 1. The molecule has 1 aliphatic heterocycles. The fourth-order valence-corrected chi connectivity index (χ4v) is 2.44. The highest BCUT2D eigenvalue weighted by molar-refractivity contribution is 5.77. The molecule has 0 spiro atoms. The van der Waals surface area contributed by atoms with Crippen LogP contribution >= 0.6 is 0 Å². The van der Waals surface area contributed by atoms with Crippen LogP contribution in [0.1, 0.15) is 27.2 Å². The second-order valence-electron chi connectivity index (χ2n) is 6.62. The van der Waals surface area contributed by atoms with Crippen LogP contribution in [0.3, 0.4) is 0 Å². The third-order valence-electron chi connectivity index (χ3n) is 3.53. The van der Waals surface area contributed by atoms with Gasteiger partial charge in [0, 0.05) is 38.3 Å². The van der Waals surface area contributed by atoms with Gasteiger partial charge in [0.1, 0.15) is 5.75 Å². The maximum Gasteiger partial charge on any atom is 0.223 e. The lowest BCUT2D eigenvalue weighted by Crippen LogP contribution is -2.49. The SMILES string of the molecule is CC(C)(C)CC(=O)N1CCN(c2ccc(O)cc2)CC1. The predicted octanol–water partition coefficient (Wildman–Crippen LogP) is 2.48. The summed E-state index contributed by atoms with van der Waals surface area (Å²) in [6.07, 6.45) is 0.603. The summed E-state index contributed by atoms with van der Waals surface area (Å²) in [6, 6.07) is 7.24. The summed E-state index contributed by atoms with van der Waals surface area (Å²) in [5.74, 6) is 0.538. The van der Waals surface area contributed by atoms with Gasteiger partial charge in [-0.1, -0.05) is 20.8 Å². The fourth-order valence-electron chi connectivity index (χ4n) is 2.44. The topological polar surface area (TPSA) is 43.8 Å². The minimum Gasteiger partial charge on any atom is -0.508 e. The lowest BCUT2D eigenvalue weighted by atomic mass is 9.91. The number of hydrogen-bond acceptors (Lipinski definition) is 3. The standard InChI is InChI=1S/C16H24N2O2/c1-16(2,3)12-15(20)18-10-8-17(9-11-18)13-4-6-14(19)7-5-13/h4-7,19H,8-12H2,1-3H3. The van der Waals surface area contributed by atoms with Crippen molar-refractivity contribution in [1.82, 2.24) is 4.90 Å². The molecular formula is C16H24N2O2. The van der Waals surface area contributed by atoms with E-state index < -0.39 is 0 Å². The molecule has 1 aromatic rings. The lowest BCUT2D eigenvalue weighted by Gasteiger charge is -2.37. The van der Waals surface area contributed by atoms with E-state index in [9.17, 15) is 9.90 Å². The average molecular weight is 276 g/mol. The highest BCUT2D eigenvalue weighted by atomic mass is 16.3. The van der Waals surface area contributed by atoms with Gasteiger partial charge in [-0.15, -0.1) is 0 Å². The van der Waals surface area contributed by atoms with Gasteiger partial charge in [0.2, 0.25) is 5.91 Å². The Balaban J connectivity index is 1.89. The number of aromatic hydroxyl groups is 1. The number of hydrogen-bond donors (Lipinski definition) is 1. The molecule has 1 fully saturated rings. The summed E-state index contributed by atoms with van der Waals surface area (Å²) >= 11 is 0. The fraction of sp³-hybridized carbons (Fsp3) is 0.562. The summed E-state index contributed by atoms with van der Waals surface area (Å²) in [5, 5.41) is 9.31. The first-order valence-corrected chi connectivity index (χ1v) is 7.17. The van der Waals surface area contributed by atoms with E-state index in [0.717, 1.165) is 31.9 Å². The maximum atomic E-state index is 12.2. The molecule has 2 rings (SSSR count). The predicted molar refractivity (Wildman–Crippen MR) is 81.0 cm³/mol. The highest BCUT2D eigenvalue weighted by Gasteiger charge is 2.24. The van der Waals surface area contributed by atoms with Crippen molar-refractivity contribution in [2.45, 2.75) is 27.2 Å². The van der Waals surface area contributed by atoms with Crippen LogP contribution in [-0.2, 0) is 4.79 Å². The first kappa shape index (κ1) is 14.7. The number of carbonyl (C=O) groups excluding carboxylic acids is 1. The first-order chi connectivity index (χ1) is 9.35. The number of nitrogens with zero attached hydrogens (tertiary/aromatic N) is 2. The van der Waals surface area contributed by atoms with E-state index in [1.54, 1.807) is 12.1 Å². The summed E-state index contributed by atoms with van der Waals surface area (Å²) in [4.78, 5) is 16.4. The highest BCUT2D eigenvalue weighted by Crippen LogP contribution is 2.22. The van der Waals surface area contributed by atoms with E-state index in [4.69, 9.17) is 0 Å². The molecule has 1 aromatic carbocycles. The van der Waals surface area contributed by atoms with Gasteiger partial charge >= 0.3 is 0 Å². The van der Waals surface area contributed by atoms with Gasteiger partial charge in [0.15, 0.2) is 0 Å². The zero-order valence-electron chi connectivity index (χ0n) is 12.6. The normalized spacial score (nSPS) is 16.4. The summed E-state index contributed by atoms with van der Waals surface area (Å²) in [5.41, 5.74) is 1.15. The van der Waals surface area contributed by atoms with Gasteiger partial charge in [0.05, 0.1) is 0 Å². The molecule has 4 nitrogen and oxygen atoms in total. The number of piperazine rings is 1. The van der Waals surface area contributed by atoms with Crippen molar-refractivity contribution in [3.05, 3.63) is 24.3 Å². The molecule has 1 aliphatic rings. The van der Waals surface area contributed by atoms with Crippen molar-refractivity contribution < 1.29 is 9.90 Å². The van der Waals surface area contributed by atoms with Crippen molar-refractivity contribution in [2.75, 3.05) is 31.1 Å². The quantitative estimate of drug-likeness (QED) is 0.902. The Kier molecular flexibility index (Phi) is 4.21. The Morgan fingerprint density at radius 1 is 1.10 bits per heavy atom. The molecule has 1 heterocycles. The van der Waals surface area contributed by atoms with Crippen molar-refractivity contribution in [3.8, 4) is 5.75 Å². The molecule has 4 heteroatoms. The van der Waals surface area contributed by atoms with E-state index in [1.165, 1.54) is 0 Å². The number of amides is 1. The average Bonchev–Trinajstić information content (AvgIpc) is 2.38. The molecule has 0 saturated carbocycles. The summed E-state index contributed by atoms with van der Waals surface area (Å²) < 4.78 is 0. The van der Waals surface area contributed by atoms with Gasteiger partial charge in [0.25, 0.3) is 0 Å². The van der Waals surface area contributed by atoms with E-state index in [2.05, 4.69) is 25.7 Å². The Morgan fingerprint density at radius 3 is 2.15 bits per heavy atom. The Morgan fingerprint density at radius 2 is 1.65 bits per heavy atom. The van der Waals surface area contributed by atoms with Gasteiger partial charge in [-0.25, -0.2) is 0 Å². The van der Waals surface area contributed by atoms with E-state index in [0.29, 0.717) is 6.42 Å². The number of phenolic OH excluding ortho intramolecular Hbond substituents is 1. The van der Waals surface area contributed by atoms with Gasteiger partial charge in [-0.2, -0.15) is 0 Å². The summed E-state index contributed by atoms with van der Waals surface area (Å²) in [6.45, 7) is 9.53. The van der Waals surface area contributed by atoms with E-state index in [1.807, 2.05) is 17.0 Å². The van der Waals surface area contributed by atoms with Crippen LogP contribution in [0, 0.1) is 5.41 Å².